The van der Waals surface area contributed by atoms with Crippen LogP contribution in [0.1, 0.15) is 0 Å². The zero-order valence-corrected chi connectivity index (χ0v) is 10.3. The smallest absolute Gasteiger partial charge is 0.373 e. The molecule has 2 N–H and O–H groups in total. The largest absolute Gasteiger partial charge is 0.390 e. The molecule has 0 aliphatic heterocycles. The Labute approximate surface area is 116 Å². The van der Waals surface area contributed by atoms with Gasteiger partial charge >= 0.3 is 11.2 Å². The van der Waals surface area contributed by atoms with E-state index in [-0.39, 0.29) is 13.2 Å². The van der Waals surface area contributed by atoms with E-state index in [2.05, 4.69) is 41.3 Å². The van der Waals surface area contributed by atoms with Gasteiger partial charge in [0.15, 0.2) is 23.3 Å². The number of rotatable bonds is 7. The fourth-order valence-electron chi connectivity index (χ4n) is 1.08. The summed E-state index contributed by atoms with van der Waals surface area (Å²) in [4.78, 5) is 31.8. The van der Waals surface area contributed by atoms with E-state index in [0.29, 0.717) is 0 Å². The summed E-state index contributed by atoms with van der Waals surface area (Å²) in [6, 6.07) is 0. The summed E-state index contributed by atoms with van der Waals surface area (Å²) in [7, 11) is 0. The van der Waals surface area contributed by atoms with Gasteiger partial charge in [-0.15, -0.1) is 0 Å². The lowest BCUT2D eigenvalue weighted by Gasteiger charge is -2.04. The normalized spacial score (nSPS) is 12.4. The van der Waals surface area contributed by atoms with Gasteiger partial charge in [-0.1, -0.05) is 19.9 Å². The van der Waals surface area contributed by atoms with Crippen LogP contribution in [0.2, 0.25) is 0 Å². The maximum atomic E-state index is 10.2. The van der Waals surface area contributed by atoms with Crippen molar-refractivity contribution in [3.8, 4) is 0 Å². The second-order valence-electron chi connectivity index (χ2n) is 3.13. The first-order valence-corrected chi connectivity index (χ1v) is 5.21. The average molecular weight is 318 g/mol. The standard InChI is InChI=1S/C4H6N12O6/c17-15(18)7-3-5-9-11-13(3)21-1-2-22-14-4(6-10-12-14)8-16(19)20/h1-2H2,(H,5,7,11)(H,6,8,12). The summed E-state index contributed by atoms with van der Waals surface area (Å²) in [5.74, 6) is 0. The predicted molar refractivity (Wildman–Crippen MR) is 56.8 cm³/mol. The lowest BCUT2D eigenvalue weighted by molar-refractivity contribution is -0.491. The molecule has 0 radical (unpaired) electrons. The molecule has 0 bridgehead atoms. The van der Waals surface area contributed by atoms with E-state index in [4.69, 9.17) is 9.68 Å². The molecule has 0 spiro atoms. The Morgan fingerprint density at radius 3 is 1.73 bits per heavy atom. The third kappa shape index (κ3) is 3.82. The minimum Gasteiger partial charge on any atom is -0.390 e. The van der Waals surface area contributed by atoms with Crippen molar-refractivity contribution < 1.29 is 19.7 Å². The lowest BCUT2D eigenvalue weighted by Crippen LogP contribution is -2.34. The first-order valence-electron chi connectivity index (χ1n) is 5.21. The highest BCUT2D eigenvalue weighted by atomic mass is 16.7. The fourth-order valence-corrected chi connectivity index (χ4v) is 1.08. The number of nitrogens with zero attached hydrogens (tertiary/aromatic N) is 10. The molecule has 2 aromatic rings. The number of nitro groups is 2. The molecule has 2 aromatic heterocycles. The SMILES string of the molecule is O=[N+]([O-])/N=c1\nn[nH]n1OCCOn1[nH]nn/c1=N\[N+](=O)[O-]. The molecule has 0 aliphatic carbocycles. The molecule has 0 atom stereocenters. The highest BCUT2D eigenvalue weighted by molar-refractivity contribution is 4.42. The number of aromatic amines is 2. The van der Waals surface area contributed by atoms with E-state index in [9.17, 15) is 20.2 Å². The molecule has 18 heteroatoms. The van der Waals surface area contributed by atoms with Crippen LogP contribution in [-0.4, -0.2) is 64.0 Å². The van der Waals surface area contributed by atoms with Crippen LogP contribution in [0.4, 0.5) is 0 Å². The number of tetrazole rings is 2. The molecule has 0 aliphatic rings. The molecule has 0 saturated carbocycles. The molecule has 2 heterocycles. The van der Waals surface area contributed by atoms with Crippen molar-refractivity contribution >= 4 is 0 Å². The van der Waals surface area contributed by atoms with Gasteiger partial charge in [0.1, 0.15) is 10.2 Å². The Kier molecular flexibility index (Phi) is 4.32. The Bertz CT molecular complexity index is 711. The van der Waals surface area contributed by atoms with Crippen molar-refractivity contribution in [1.82, 2.24) is 40.7 Å². The van der Waals surface area contributed by atoms with E-state index in [0.717, 1.165) is 9.69 Å². The highest BCUT2D eigenvalue weighted by Gasteiger charge is 2.05. The van der Waals surface area contributed by atoms with Crippen LogP contribution in [-0.2, 0) is 0 Å². The molecule has 118 valence electrons. The van der Waals surface area contributed by atoms with Crippen molar-refractivity contribution in [3.63, 3.8) is 0 Å². The summed E-state index contributed by atoms with van der Waals surface area (Å²) in [5.41, 5.74) is -0.852. The minimum absolute atomic E-state index is 0.154. The molecule has 0 fully saturated rings. The predicted octanol–water partition coefficient (Wildman–Crippen LogP) is -4.73. The maximum Gasteiger partial charge on any atom is 0.373 e. The first kappa shape index (κ1) is 14.5. The van der Waals surface area contributed by atoms with Gasteiger partial charge in [0.2, 0.25) is 0 Å². The van der Waals surface area contributed by atoms with Crippen molar-refractivity contribution in [2.75, 3.05) is 13.2 Å². The quantitative estimate of drug-likeness (QED) is 0.281. The Hall–Kier alpha value is -3.86. The lowest BCUT2D eigenvalue weighted by atomic mass is 10.8. The van der Waals surface area contributed by atoms with Gasteiger partial charge in [-0.2, -0.15) is 10.4 Å². The van der Waals surface area contributed by atoms with Crippen LogP contribution in [0.5, 0.6) is 0 Å². The number of nitrogens with one attached hydrogen (secondary N) is 2. The van der Waals surface area contributed by atoms with Crippen LogP contribution in [0.3, 0.4) is 0 Å². The average Bonchev–Trinajstić information content (AvgIpc) is 3.04. The Morgan fingerprint density at radius 2 is 1.36 bits per heavy atom. The van der Waals surface area contributed by atoms with Crippen molar-refractivity contribution in [1.29, 1.82) is 0 Å². The van der Waals surface area contributed by atoms with Crippen LogP contribution in [0, 0.1) is 20.2 Å². The van der Waals surface area contributed by atoms with Crippen molar-refractivity contribution in [2.24, 2.45) is 10.2 Å². The van der Waals surface area contributed by atoms with E-state index in [1.165, 1.54) is 0 Å². The molecular weight excluding hydrogens is 312 g/mol. The van der Waals surface area contributed by atoms with Gasteiger partial charge in [0.05, 0.1) is 0 Å². The zero-order chi connectivity index (χ0) is 15.9. The molecule has 18 nitrogen and oxygen atoms in total. The molecule has 0 aromatic carbocycles. The van der Waals surface area contributed by atoms with Gasteiger partial charge in [-0.25, -0.2) is 20.2 Å². The molecule has 0 amide bonds. The number of aromatic nitrogens is 8. The number of hydrogen-bond donors (Lipinski definition) is 2. The number of H-pyrrole nitrogens is 2. The van der Waals surface area contributed by atoms with Crippen LogP contribution in [0.15, 0.2) is 10.2 Å². The summed E-state index contributed by atoms with van der Waals surface area (Å²) in [6.07, 6.45) is 0. The summed E-state index contributed by atoms with van der Waals surface area (Å²) >= 11 is 0. The topological polar surface area (TPSA) is 222 Å². The maximum absolute atomic E-state index is 10.2. The summed E-state index contributed by atoms with van der Waals surface area (Å²) < 4.78 is 0. The molecule has 22 heavy (non-hydrogen) atoms. The van der Waals surface area contributed by atoms with E-state index in [1.807, 2.05) is 0 Å². The molecule has 0 unspecified atom stereocenters. The second kappa shape index (κ2) is 6.53. The van der Waals surface area contributed by atoms with Gasteiger partial charge < -0.3 is 9.68 Å². The van der Waals surface area contributed by atoms with Crippen molar-refractivity contribution in [2.45, 2.75) is 0 Å². The van der Waals surface area contributed by atoms with Gasteiger partial charge in [0, 0.05) is 0 Å². The zero-order valence-electron chi connectivity index (χ0n) is 10.3. The highest BCUT2D eigenvalue weighted by Crippen LogP contribution is 1.71. The molecule has 0 saturated heterocycles. The third-order valence-electron chi connectivity index (χ3n) is 1.78. The van der Waals surface area contributed by atoms with Crippen LogP contribution in [0.25, 0.3) is 0 Å². The van der Waals surface area contributed by atoms with Gasteiger partial charge in [-0.05, 0) is 10.4 Å². The van der Waals surface area contributed by atoms with E-state index in [1.54, 1.807) is 0 Å². The summed E-state index contributed by atoms with van der Waals surface area (Å²) in [6.45, 7) is -0.308. The summed E-state index contributed by atoms with van der Waals surface area (Å²) in [5, 5.41) is 41.7. The Balaban J connectivity index is 1.91. The molecule has 2 rings (SSSR count). The monoisotopic (exact) mass is 318 g/mol. The fraction of sp³-hybridized carbons (Fsp3) is 0.500. The van der Waals surface area contributed by atoms with Crippen molar-refractivity contribution in [3.05, 3.63) is 31.5 Å². The minimum atomic E-state index is -0.980. The number of hydrogen-bond acceptors (Lipinski definition) is 10. The van der Waals surface area contributed by atoms with Gasteiger partial charge in [0.25, 0.3) is 0 Å². The van der Waals surface area contributed by atoms with Crippen LogP contribution >= 0.6 is 0 Å². The molecular formula is C4H6N12O6. The van der Waals surface area contributed by atoms with E-state index >= 15 is 0 Å². The van der Waals surface area contributed by atoms with E-state index < -0.39 is 21.3 Å². The van der Waals surface area contributed by atoms with Crippen LogP contribution < -0.4 is 20.9 Å². The van der Waals surface area contributed by atoms with Gasteiger partial charge in [-0.3, -0.25) is 0 Å². The third-order valence-corrected chi connectivity index (χ3v) is 1.78. The second-order valence-corrected chi connectivity index (χ2v) is 3.13. The Morgan fingerprint density at radius 1 is 0.955 bits per heavy atom. The first-order chi connectivity index (χ1) is 10.6.